The summed E-state index contributed by atoms with van der Waals surface area (Å²) in [4.78, 5) is 17.1. The molecule has 1 aliphatic carbocycles. The number of phenolic OH excluding ortho intramolecular Hbond substituents is 1. The van der Waals surface area contributed by atoms with Crippen LogP contribution < -0.4 is 0 Å². The van der Waals surface area contributed by atoms with E-state index in [0.29, 0.717) is 11.5 Å². The summed E-state index contributed by atoms with van der Waals surface area (Å²) in [5.41, 5.74) is 3.20. The standard InChI is InChI=1S/C18H17NO3/c1-12-9-14-11-15(20)7-8-16(14)17(10-12)19-22-18(21)13-5-3-2-4-6-13/h2-8,11-12,20H,9-10H2,1H3/b19-17-/t12-/m1/s1. The summed E-state index contributed by atoms with van der Waals surface area (Å²) in [5.74, 6) is 0.170. The minimum atomic E-state index is -0.466. The molecular weight excluding hydrogens is 278 g/mol. The van der Waals surface area contributed by atoms with E-state index < -0.39 is 5.97 Å². The molecule has 0 spiro atoms. The van der Waals surface area contributed by atoms with Crippen molar-refractivity contribution in [2.45, 2.75) is 19.8 Å². The highest BCUT2D eigenvalue weighted by Gasteiger charge is 2.22. The lowest BCUT2D eigenvalue weighted by Crippen LogP contribution is -2.19. The van der Waals surface area contributed by atoms with Crippen LogP contribution in [0.1, 0.15) is 34.8 Å². The zero-order valence-corrected chi connectivity index (χ0v) is 12.3. The van der Waals surface area contributed by atoms with Crippen LogP contribution in [0.15, 0.2) is 53.7 Å². The van der Waals surface area contributed by atoms with Gasteiger partial charge in [0, 0.05) is 5.56 Å². The molecule has 0 unspecified atom stereocenters. The van der Waals surface area contributed by atoms with Crippen molar-refractivity contribution < 1.29 is 14.7 Å². The van der Waals surface area contributed by atoms with Gasteiger partial charge in [0.05, 0.1) is 11.3 Å². The first-order chi connectivity index (χ1) is 10.6. The molecule has 1 atom stereocenters. The van der Waals surface area contributed by atoms with Gasteiger partial charge < -0.3 is 9.94 Å². The number of oxime groups is 1. The first-order valence-electron chi connectivity index (χ1n) is 7.29. The van der Waals surface area contributed by atoms with Gasteiger partial charge in [-0.2, -0.15) is 0 Å². The predicted octanol–water partition coefficient (Wildman–Crippen LogP) is 3.54. The van der Waals surface area contributed by atoms with Gasteiger partial charge in [0.2, 0.25) is 0 Å². The third-order valence-electron chi connectivity index (χ3n) is 3.76. The SMILES string of the molecule is C[C@H]1C/C(=N/OC(=O)c2ccccc2)c2ccc(O)cc2C1. The van der Waals surface area contributed by atoms with Crippen molar-refractivity contribution in [3.05, 3.63) is 65.2 Å². The fourth-order valence-electron chi connectivity index (χ4n) is 2.73. The molecule has 2 aromatic rings. The normalized spacial score (nSPS) is 18.8. The van der Waals surface area contributed by atoms with E-state index in [2.05, 4.69) is 12.1 Å². The summed E-state index contributed by atoms with van der Waals surface area (Å²) in [5, 5.41) is 13.7. The molecule has 3 rings (SSSR count). The first-order valence-corrected chi connectivity index (χ1v) is 7.29. The Kier molecular flexibility index (Phi) is 3.92. The Morgan fingerprint density at radius 1 is 1.18 bits per heavy atom. The molecule has 1 N–H and O–H groups in total. The molecule has 0 heterocycles. The van der Waals surface area contributed by atoms with E-state index in [1.54, 1.807) is 36.4 Å². The van der Waals surface area contributed by atoms with Gasteiger partial charge in [0.15, 0.2) is 0 Å². The quantitative estimate of drug-likeness (QED) is 0.681. The fraction of sp³-hybridized carbons (Fsp3) is 0.222. The number of carbonyl (C=O) groups is 1. The van der Waals surface area contributed by atoms with Crippen molar-refractivity contribution in [3.8, 4) is 5.75 Å². The van der Waals surface area contributed by atoms with Gasteiger partial charge in [-0.3, -0.25) is 0 Å². The van der Waals surface area contributed by atoms with Crippen LogP contribution in [0, 0.1) is 5.92 Å². The van der Waals surface area contributed by atoms with Gasteiger partial charge in [0.25, 0.3) is 0 Å². The van der Waals surface area contributed by atoms with E-state index in [1.807, 2.05) is 12.1 Å². The van der Waals surface area contributed by atoms with Crippen LogP contribution in [0.2, 0.25) is 0 Å². The summed E-state index contributed by atoms with van der Waals surface area (Å²) in [7, 11) is 0. The van der Waals surface area contributed by atoms with Crippen LogP contribution in [0.4, 0.5) is 0 Å². The Balaban J connectivity index is 1.84. The molecule has 0 fully saturated rings. The molecular formula is C18H17NO3. The van der Waals surface area contributed by atoms with Crippen molar-refractivity contribution in [2.75, 3.05) is 0 Å². The van der Waals surface area contributed by atoms with Crippen molar-refractivity contribution in [1.29, 1.82) is 0 Å². The van der Waals surface area contributed by atoms with E-state index in [-0.39, 0.29) is 5.75 Å². The van der Waals surface area contributed by atoms with Gasteiger partial charge in [-0.05, 0) is 54.7 Å². The molecule has 0 saturated carbocycles. The van der Waals surface area contributed by atoms with Crippen LogP contribution in [0.3, 0.4) is 0 Å². The van der Waals surface area contributed by atoms with Crippen molar-refractivity contribution in [2.24, 2.45) is 11.1 Å². The molecule has 0 aromatic heterocycles. The summed E-state index contributed by atoms with van der Waals surface area (Å²) in [6.07, 6.45) is 1.63. The molecule has 4 nitrogen and oxygen atoms in total. The molecule has 22 heavy (non-hydrogen) atoms. The lowest BCUT2D eigenvalue weighted by molar-refractivity contribution is 0.0515. The fourth-order valence-corrected chi connectivity index (χ4v) is 2.73. The molecule has 0 amide bonds. The summed E-state index contributed by atoms with van der Waals surface area (Å²) < 4.78 is 0. The van der Waals surface area contributed by atoms with Gasteiger partial charge in [-0.25, -0.2) is 4.79 Å². The Morgan fingerprint density at radius 2 is 1.95 bits per heavy atom. The average molecular weight is 295 g/mol. The number of carbonyl (C=O) groups excluding carboxylic acids is 1. The molecule has 0 bridgehead atoms. The van der Waals surface area contributed by atoms with E-state index >= 15 is 0 Å². The number of nitrogens with zero attached hydrogens (tertiary/aromatic N) is 1. The number of phenols is 1. The highest BCUT2D eigenvalue weighted by molar-refractivity contribution is 6.03. The Labute approximate surface area is 129 Å². The summed E-state index contributed by atoms with van der Waals surface area (Å²) in [6.45, 7) is 2.11. The second kappa shape index (κ2) is 6.02. The van der Waals surface area contributed by atoms with E-state index in [9.17, 15) is 9.90 Å². The van der Waals surface area contributed by atoms with Gasteiger partial charge in [-0.1, -0.05) is 30.3 Å². The zero-order chi connectivity index (χ0) is 15.5. The van der Waals surface area contributed by atoms with E-state index in [0.717, 1.165) is 29.7 Å². The van der Waals surface area contributed by atoms with Crippen LogP contribution in [0.25, 0.3) is 0 Å². The number of hydrogen-bond acceptors (Lipinski definition) is 4. The molecule has 0 saturated heterocycles. The molecule has 112 valence electrons. The van der Waals surface area contributed by atoms with Crippen molar-refractivity contribution in [1.82, 2.24) is 0 Å². The van der Waals surface area contributed by atoms with Gasteiger partial charge >= 0.3 is 5.97 Å². The van der Waals surface area contributed by atoms with Crippen molar-refractivity contribution in [3.63, 3.8) is 0 Å². The Hall–Kier alpha value is -2.62. The maximum absolute atomic E-state index is 12.0. The highest BCUT2D eigenvalue weighted by Crippen LogP contribution is 2.28. The summed E-state index contributed by atoms with van der Waals surface area (Å²) >= 11 is 0. The number of rotatable bonds is 2. The molecule has 1 aliphatic rings. The van der Waals surface area contributed by atoms with Gasteiger partial charge in [0.1, 0.15) is 5.75 Å². The lowest BCUT2D eigenvalue weighted by Gasteiger charge is -2.22. The Morgan fingerprint density at radius 3 is 2.73 bits per heavy atom. The number of fused-ring (bicyclic) bond motifs is 1. The monoisotopic (exact) mass is 295 g/mol. The van der Waals surface area contributed by atoms with E-state index in [1.165, 1.54) is 0 Å². The van der Waals surface area contributed by atoms with Crippen LogP contribution in [-0.2, 0) is 11.3 Å². The third kappa shape index (κ3) is 3.01. The average Bonchev–Trinajstić information content (AvgIpc) is 2.52. The van der Waals surface area contributed by atoms with Gasteiger partial charge in [-0.15, -0.1) is 0 Å². The second-order valence-corrected chi connectivity index (χ2v) is 5.64. The first kappa shape index (κ1) is 14.3. The number of benzene rings is 2. The lowest BCUT2D eigenvalue weighted by atomic mass is 9.83. The minimum absolute atomic E-state index is 0.244. The van der Waals surface area contributed by atoms with Crippen LogP contribution in [0.5, 0.6) is 5.75 Å². The maximum Gasteiger partial charge on any atom is 0.365 e. The number of hydrogen-bond donors (Lipinski definition) is 1. The summed E-state index contributed by atoms with van der Waals surface area (Å²) in [6, 6.07) is 14.0. The molecule has 0 radical (unpaired) electrons. The molecule has 2 aromatic carbocycles. The zero-order valence-electron chi connectivity index (χ0n) is 12.3. The highest BCUT2D eigenvalue weighted by atomic mass is 16.7. The van der Waals surface area contributed by atoms with E-state index in [4.69, 9.17) is 4.84 Å². The topological polar surface area (TPSA) is 58.9 Å². The number of aromatic hydroxyl groups is 1. The molecule has 4 heteroatoms. The predicted molar refractivity (Wildman–Crippen MR) is 84.0 cm³/mol. The maximum atomic E-state index is 12.0. The second-order valence-electron chi connectivity index (χ2n) is 5.64. The Bertz CT molecular complexity index is 722. The molecule has 0 aliphatic heterocycles. The minimum Gasteiger partial charge on any atom is -0.508 e. The smallest absolute Gasteiger partial charge is 0.365 e. The van der Waals surface area contributed by atoms with Crippen molar-refractivity contribution >= 4 is 11.7 Å². The third-order valence-corrected chi connectivity index (χ3v) is 3.76. The largest absolute Gasteiger partial charge is 0.508 e. The van der Waals surface area contributed by atoms with Crippen LogP contribution >= 0.6 is 0 Å². The van der Waals surface area contributed by atoms with Crippen LogP contribution in [-0.4, -0.2) is 16.8 Å².